The molecule has 1 fully saturated rings. The molecular formula is C23H30N6O2. The fourth-order valence-corrected chi connectivity index (χ4v) is 4.26. The number of hydrogen-bond donors (Lipinski definition) is 3. The largest absolute Gasteiger partial charge is 0.512 e. The fourth-order valence-electron chi connectivity index (χ4n) is 4.26. The summed E-state index contributed by atoms with van der Waals surface area (Å²) in [6.45, 7) is 7.33. The first-order valence-electron chi connectivity index (χ1n) is 10.8. The summed E-state index contributed by atoms with van der Waals surface area (Å²) < 4.78 is 0. The molecule has 0 radical (unpaired) electrons. The molecule has 0 bridgehead atoms. The van der Waals surface area contributed by atoms with E-state index in [1.165, 1.54) is 0 Å². The second-order valence-corrected chi connectivity index (χ2v) is 8.40. The zero-order chi connectivity index (χ0) is 22.0. The normalized spacial score (nSPS) is 18.1. The van der Waals surface area contributed by atoms with Gasteiger partial charge in [0, 0.05) is 55.7 Å². The van der Waals surface area contributed by atoms with Crippen LogP contribution in [0.5, 0.6) is 0 Å². The molecule has 1 aliphatic carbocycles. The number of anilines is 3. The maximum Gasteiger partial charge on any atom is 0.227 e. The van der Waals surface area contributed by atoms with E-state index in [4.69, 9.17) is 10.7 Å². The van der Waals surface area contributed by atoms with Crippen molar-refractivity contribution in [3.05, 3.63) is 47.5 Å². The lowest BCUT2D eigenvalue weighted by atomic mass is 9.88. The van der Waals surface area contributed by atoms with Gasteiger partial charge in [0.2, 0.25) is 5.95 Å². The Hall–Kier alpha value is -2.97. The number of nitrogens with two attached hydrogens (primary N) is 1. The van der Waals surface area contributed by atoms with Crippen LogP contribution in [0.4, 0.5) is 17.3 Å². The molecule has 1 aromatic carbocycles. The van der Waals surface area contributed by atoms with E-state index < -0.39 is 6.17 Å². The van der Waals surface area contributed by atoms with Crippen molar-refractivity contribution in [1.29, 1.82) is 0 Å². The molecule has 2 aromatic rings. The first-order chi connectivity index (χ1) is 15.0. The van der Waals surface area contributed by atoms with Gasteiger partial charge in [-0.1, -0.05) is 13.8 Å². The number of piperazine rings is 1. The van der Waals surface area contributed by atoms with Gasteiger partial charge in [-0.15, -0.1) is 0 Å². The number of aldehydes is 1. The molecule has 2 aliphatic rings. The molecule has 0 amide bonds. The maximum atomic E-state index is 10.9. The zero-order valence-electron chi connectivity index (χ0n) is 18.1. The van der Waals surface area contributed by atoms with Gasteiger partial charge in [0.25, 0.3) is 0 Å². The number of hydrogen-bond acceptors (Lipinski definition) is 8. The molecule has 31 heavy (non-hydrogen) atoms. The van der Waals surface area contributed by atoms with Gasteiger partial charge in [-0.25, -0.2) is 9.97 Å². The fraction of sp³-hybridized carbons (Fsp3) is 0.435. The maximum absolute atomic E-state index is 10.9. The van der Waals surface area contributed by atoms with E-state index in [-0.39, 0.29) is 5.92 Å². The highest BCUT2D eigenvalue weighted by atomic mass is 16.3. The van der Waals surface area contributed by atoms with E-state index in [0.717, 1.165) is 67.1 Å². The average Bonchev–Trinajstić information content (AvgIpc) is 2.78. The summed E-state index contributed by atoms with van der Waals surface area (Å²) in [4.78, 5) is 24.3. The van der Waals surface area contributed by atoms with Crippen molar-refractivity contribution in [2.45, 2.75) is 32.9 Å². The molecule has 0 saturated carbocycles. The zero-order valence-corrected chi connectivity index (χ0v) is 18.1. The predicted octanol–water partition coefficient (Wildman–Crippen LogP) is 2.70. The molecule has 2 heterocycles. The van der Waals surface area contributed by atoms with Crippen molar-refractivity contribution in [3.63, 3.8) is 0 Å². The van der Waals surface area contributed by atoms with Crippen molar-refractivity contribution in [2.75, 3.05) is 36.4 Å². The van der Waals surface area contributed by atoms with Crippen LogP contribution in [0.15, 0.2) is 36.2 Å². The van der Waals surface area contributed by atoms with Crippen LogP contribution in [-0.2, 0) is 11.2 Å². The average molecular weight is 423 g/mol. The summed E-state index contributed by atoms with van der Waals surface area (Å²) in [5, 5.41) is 13.6. The van der Waals surface area contributed by atoms with Crippen LogP contribution in [0.3, 0.4) is 0 Å². The van der Waals surface area contributed by atoms with Gasteiger partial charge in [0.1, 0.15) is 6.17 Å². The highest BCUT2D eigenvalue weighted by Gasteiger charge is 2.24. The van der Waals surface area contributed by atoms with Crippen LogP contribution in [0.2, 0.25) is 0 Å². The Balaban J connectivity index is 1.44. The van der Waals surface area contributed by atoms with E-state index in [2.05, 4.69) is 41.2 Å². The molecule has 1 saturated heterocycles. The third kappa shape index (κ3) is 4.55. The summed E-state index contributed by atoms with van der Waals surface area (Å²) in [5.74, 6) is 1.16. The molecule has 4 N–H and O–H groups in total. The summed E-state index contributed by atoms with van der Waals surface area (Å²) in [6, 6.07) is 8.17. The third-order valence-electron chi connectivity index (χ3n) is 6.00. The van der Waals surface area contributed by atoms with Crippen LogP contribution in [0, 0.1) is 5.92 Å². The summed E-state index contributed by atoms with van der Waals surface area (Å²) in [6.07, 6.45) is 3.54. The van der Waals surface area contributed by atoms with Crippen molar-refractivity contribution in [3.8, 4) is 0 Å². The van der Waals surface area contributed by atoms with Crippen LogP contribution in [0.1, 0.15) is 31.5 Å². The Morgan fingerprint density at radius 2 is 1.84 bits per heavy atom. The molecule has 1 unspecified atom stereocenters. The topological polar surface area (TPSA) is 108 Å². The highest BCUT2D eigenvalue weighted by molar-refractivity contribution is 5.71. The van der Waals surface area contributed by atoms with E-state index in [9.17, 15) is 9.90 Å². The van der Waals surface area contributed by atoms with Crippen molar-refractivity contribution < 1.29 is 9.90 Å². The standard InChI is InChI=1S/C23H30N6O2/c1-15(2)21-19(31)8-3-16-13-25-23(27-22(16)21)26-17-4-6-18(7-5-17)28-9-11-29(12-10-28)20(24)14-30/h4-7,13-15,20,31H,3,8-12,24H2,1-2H3,(H,25,26,27). The number of rotatable bonds is 6. The Morgan fingerprint density at radius 1 is 1.13 bits per heavy atom. The molecular weight excluding hydrogens is 392 g/mol. The Morgan fingerprint density at radius 3 is 2.48 bits per heavy atom. The van der Waals surface area contributed by atoms with Gasteiger partial charge in [-0.3, -0.25) is 4.90 Å². The van der Waals surface area contributed by atoms with E-state index >= 15 is 0 Å². The number of aliphatic hydroxyl groups excluding tert-OH is 1. The number of fused-ring (bicyclic) bond motifs is 1. The monoisotopic (exact) mass is 422 g/mol. The molecule has 8 nitrogen and oxygen atoms in total. The summed E-state index contributed by atoms with van der Waals surface area (Å²) in [5.41, 5.74) is 10.7. The van der Waals surface area contributed by atoms with Crippen molar-refractivity contribution in [1.82, 2.24) is 14.9 Å². The lowest BCUT2D eigenvalue weighted by molar-refractivity contribution is -0.112. The predicted molar refractivity (Wildman–Crippen MR) is 122 cm³/mol. The molecule has 1 aromatic heterocycles. The van der Waals surface area contributed by atoms with Crippen LogP contribution in [-0.4, -0.2) is 58.6 Å². The first-order valence-corrected chi connectivity index (χ1v) is 10.8. The van der Waals surface area contributed by atoms with Crippen molar-refractivity contribution >= 4 is 29.2 Å². The highest BCUT2D eigenvalue weighted by Crippen LogP contribution is 2.34. The number of nitrogens with zero attached hydrogens (tertiary/aromatic N) is 4. The Bertz CT molecular complexity index is 965. The number of nitrogens with one attached hydrogen (secondary N) is 1. The van der Waals surface area contributed by atoms with Crippen LogP contribution < -0.4 is 16.0 Å². The van der Waals surface area contributed by atoms with Crippen LogP contribution >= 0.6 is 0 Å². The SMILES string of the molecule is CC(C)C1=C(O)CCc2cnc(Nc3ccc(N4CCN(C(N)C=O)CC4)cc3)nc21. The van der Waals surface area contributed by atoms with Gasteiger partial charge in [0.15, 0.2) is 6.29 Å². The minimum absolute atomic E-state index is 0.197. The quantitative estimate of drug-likeness (QED) is 0.610. The number of aromatic nitrogens is 2. The van der Waals surface area contributed by atoms with Gasteiger partial charge in [0.05, 0.1) is 11.5 Å². The first kappa shape index (κ1) is 21.3. The Labute approximate surface area is 182 Å². The minimum atomic E-state index is -0.515. The minimum Gasteiger partial charge on any atom is -0.512 e. The van der Waals surface area contributed by atoms with Gasteiger partial charge < -0.3 is 25.9 Å². The van der Waals surface area contributed by atoms with Crippen molar-refractivity contribution in [2.24, 2.45) is 11.7 Å². The molecule has 0 spiro atoms. The Kier molecular flexibility index (Phi) is 6.20. The van der Waals surface area contributed by atoms with Gasteiger partial charge in [-0.05, 0) is 42.2 Å². The molecule has 1 atom stereocenters. The lowest BCUT2D eigenvalue weighted by Crippen LogP contribution is -2.53. The number of carbonyl (C=O) groups excluding carboxylic acids is 1. The molecule has 4 rings (SSSR count). The second kappa shape index (κ2) is 9.03. The number of aliphatic hydroxyl groups is 1. The molecule has 164 valence electrons. The number of aryl methyl sites for hydroxylation is 1. The third-order valence-corrected chi connectivity index (χ3v) is 6.00. The summed E-state index contributed by atoms with van der Waals surface area (Å²) >= 11 is 0. The van der Waals surface area contributed by atoms with Crippen LogP contribution in [0.25, 0.3) is 5.57 Å². The van der Waals surface area contributed by atoms with E-state index in [1.54, 1.807) is 0 Å². The molecule has 8 heteroatoms. The second-order valence-electron chi connectivity index (χ2n) is 8.40. The number of benzene rings is 1. The lowest BCUT2D eigenvalue weighted by Gasteiger charge is -2.37. The van der Waals surface area contributed by atoms with E-state index in [0.29, 0.717) is 18.1 Å². The summed E-state index contributed by atoms with van der Waals surface area (Å²) in [7, 11) is 0. The van der Waals surface area contributed by atoms with Gasteiger partial charge in [-0.2, -0.15) is 0 Å². The molecule has 1 aliphatic heterocycles. The smallest absolute Gasteiger partial charge is 0.227 e. The number of allylic oxidation sites excluding steroid dienone is 2. The van der Waals surface area contributed by atoms with Gasteiger partial charge >= 0.3 is 0 Å². The number of carbonyl (C=O) groups is 1. The van der Waals surface area contributed by atoms with E-state index in [1.807, 2.05) is 23.2 Å².